The van der Waals surface area contributed by atoms with Crippen LogP contribution in [0.1, 0.15) is 11.1 Å². The van der Waals surface area contributed by atoms with Gasteiger partial charge in [0, 0.05) is 42.3 Å². The number of rotatable bonds is 13. The fourth-order valence-corrected chi connectivity index (χ4v) is 7.85. The zero-order valence-corrected chi connectivity index (χ0v) is 34.6. The molecule has 0 spiro atoms. The minimum absolute atomic E-state index is 0.150. The van der Waals surface area contributed by atoms with Gasteiger partial charge in [-0.25, -0.2) is 24.0 Å². The molecule has 1 fully saturated rings. The molecule has 1 unspecified atom stereocenters. The van der Waals surface area contributed by atoms with Gasteiger partial charge >= 0.3 is 6.18 Å². The van der Waals surface area contributed by atoms with Crippen molar-refractivity contribution in [3.05, 3.63) is 157 Å². The lowest BCUT2D eigenvalue weighted by molar-refractivity contribution is -0.137. The van der Waals surface area contributed by atoms with E-state index in [1.807, 2.05) is 60.8 Å². The highest BCUT2D eigenvalue weighted by molar-refractivity contribution is 5.96. The second kappa shape index (κ2) is 17.6. The van der Waals surface area contributed by atoms with E-state index in [-0.39, 0.29) is 25.3 Å². The number of pyridine rings is 1. The Hall–Kier alpha value is -7.99. The van der Waals surface area contributed by atoms with Crippen molar-refractivity contribution in [3.8, 4) is 22.3 Å². The molecule has 2 aliphatic heterocycles. The van der Waals surface area contributed by atoms with Crippen LogP contribution in [0.2, 0.25) is 0 Å². The molecular formula is C47H40F3N11O4. The standard InChI is InChI=1S/C47H40F3N11O4/c48-47(49,50)34-10-4-8-32(23-34)37-26-53-61-17-15-43(57-46(37)61)59(36-12-13-42(51-25-36)58-18-20-63-21-19-58)28-44(62)54-35-11-5-9-33(24-35)38-27-52-60-16-14-41(56-45(38)60)55-39(40-29-64-30-65-40)22-31-6-2-1-3-7-31/h1-17,23-27,29,39H,18-22,28,30H2,(H,54,62)(H,55,56). The van der Waals surface area contributed by atoms with Crippen molar-refractivity contribution in [1.82, 2.24) is 34.2 Å². The molecule has 0 saturated carbocycles. The number of benzene rings is 3. The third kappa shape index (κ3) is 8.96. The Kier molecular flexibility index (Phi) is 11.1. The van der Waals surface area contributed by atoms with Gasteiger partial charge in [0.05, 0.1) is 49.1 Å². The van der Waals surface area contributed by atoms with E-state index >= 15 is 0 Å². The van der Waals surface area contributed by atoms with E-state index < -0.39 is 11.7 Å². The van der Waals surface area contributed by atoms with Crippen molar-refractivity contribution in [2.24, 2.45) is 0 Å². The number of carbonyl (C=O) groups excluding carboxylic acids is 1. The number of halogens is 3. The summed E-state index contributed by atoms with van der Waals surface area (Å²) in [5.41, 5.74) is 4.54. The minimum atomic E-state index is -4.53. The summed E-state index contributed by atoms with van der Waals surface area (Å²) >= 11 is 0. The number of alkyl halides is 3. The van der Waals surface area contributed by atoms with E-state index in [1.165, 1.54) is 16.8 Å². The number of hydrogen-bond donors (Lipinski definition) is 2. The van der Waals surface area contributed by atoms with Gasteiger partial charge in [-0.3, -0.25) is 4.79 Å². The normalized spacial score (nSPS) is 14.4. The summed E-state index contributed by atoms with van der Waals surface area (Å²) in [4.78, 5) is 32.5. The van der Waals surface area contributed by atoms with Crippen molar-refractivity contribution in [2.45, 2.75) is 18.6 Å². The molecule has 15 nitrogen and oxygen atoms in total. The molecule has 3 aromatic carbocycles. The Bertz CT molecular complexity index is 3010. The van der Waals surface area contributed by atoms with Gasteiger partial charge < -0.3 is 34.6 Å². The predicted octanol–water partition coefficient (Wildman–Crippen LogP) is 8.00. The molecule has 1 atom stereocenters. The monoisotopic (exact) mass is 879 g/mol. The largest absolute Gasteiger partial charge is 0.462 e. The van der Waals surface area contributed by atoms with Gasteiger partial charge in [0.2, 0.25) is 12.7 Å². The number of ether oxygens (including phenoxy) is 3. The van der Waals surface area contributed by atoms with Gasteiger partial charge in [0.1, 0.15) is 30.3 Å². The number of morpholine rings is 1. The third-order valence-electron chi connectivity index (χ3n) is 11.1. The second-order valence-corrected chi connectivity index (χ2v) is 15.4. The molecule has 2 N–H and O–H groups in total. The van der Waals surface area contributed by atoms with Crippen LogP contribution in [0.15, 0.2) is 146 Å². The maximum Gasteiger partial charge on any atom is 0.416 e. The SMILES string of the molecule is O=C(CN(c1ccc(N2CCOCC2)nc1)c1ccn2ncc(-c3cccc(C(F)(F)F)c3)c2n1)Nc1cccc(-c2cnn3ccc(NC(Cc4ccccc4)C4=COCO4)nc23)c1. The Labute approximate surface area is 369 Å². The fourth-order valence-electron chi connectivity index (χ4n) is 7.85. The van der Waals surface area contributed by atoms with Gasteiger partial charge in [-0.05, 0) is 71.6 Å². The number of nitrogens with zero attached hydrogens (tertiary/aromatic N) is 9. The highest BCUT2D eigenvalue weighted by Crippen LogP contribution is 2.35. The lowest BCUT2D eigenvalue weighted by atomic mass is 10.0. The van der Waals surface area contributed by atoms with E-state index in [1.54, 1.807) is 52.5 Å². The second-order valence-electron chi connectivity index (χ2n) is 15.4. The van der Waals surface area contributed by atoms with Crippen LogP contribution < -0.4 is 20.4 Å². The van der Waals surface area contributed by atoms with Crippen molar-refractivity contribution >= 4 is 46.0 Å². The van der Waals surface area contributed by atoms with Gasteiger partial charge in [0.25, 0.3) is 0 Å². The summed E-state index contributed by atoms with van der Waals surface area (Å²) in [5.74, 6) is 2.03. The molecule has 7 heterocycles. The zero-order valence-electron chi connectivity index (χ0n) is 34.6. The molecule has 65 heavy (non-hydrogen) atoms. The molecule has 5 aromatic heterocycles. The highest BCUT2D eigenvalue weighted by atomic mass is 19.4. The van der Waals surface area contributed by atoms with Crippen LogP contribution in [0.25, 0.3) is 33.5 Å². The molecule has 2 aliphatic rings. The molecule has 10 rings (SSSR count). The summed E-state index contributed by atoms with van der Waals surface area (Å²) in [6.45, 7) is 2.52. The first-order chi connectivity index (χ1) is 31.7. The van der Waals surface area contributed by atoms with E-state index in [9.17, 15) is 18.0 Å². The number of anilines is 5. The van der Waals surface area contributed by atoms with Gasteiger partial charge in [-0.2, -0.15) is 23.4 Å². The van der Waals surface area contributed by atoms with E-state index in [0.717, 1.165) is 34.6 Å². The van der Waals surface area contributed by atoms with Crippen LogP contribution >= 0.6 is 0 Å². The molecule has 0 aliphatic carbocycles. The number of aromatic nitrogens is 7. The van der Waals surface area contributed by atoms with Gasteiger partial charge in [-0.1, -0.05) is 54.6 Å². The quantitative estimate of drug-likeness (QED) is 0.116. The first-order valence-corrected chi connectivity index (χ1v) is 20.8. The highest BCUT2D eigenvalue weighted by Gasteiger charge is 2.31. The lowest BCUT2D eigenvalue weighted by Gasteiger charge is -2.28. The maximum atomic E-state index is 14.1. The van der Waals surface area contributed by atoms with Gasteiger partial charge in [-0.15, -0.1) is 0 Å². The summed E-state index contributed by atoms with van der Waals surface area (Å²) in [6.07, 6.45) is 6.09. The molecule has 1 saturated heterocycles. The molecule has 328 valence electrons. The van der Waals surface area contributed by atoms with Crippen LogP contribution in [-0.2, 0) is 31.6 Å². The smallest absolute Gasteiger partial charge is 0.416 e. The Morgan fingerprint density at radius 2 is 1.54 bits per heavy atom. The molecule has 8 aromatic rings. The van der Waals surface area contributed by atoms with Crippen LogP contribution in [0.5, 0.6) is 0 Å². The van der Waals surface area contributed by atoms with Crippen LogP contribution in [0.3, 0.4) is 0 Å². The molecule has 18 heteroatoms. The number of nitrogens with one attached hydrogen (secondary N) is 2. The minimum Gasteiger partial charge on any atom is -0.462 e. The first-order valence-electron chi connectivity index (χ1n) is 20.8. The third-order valence-corrected chi connectivity index (χ3v) is 11.1. The summed E-state index contributed by atoms with van der Waals surface area (Å²) in [7, 11) is 0. The average molecular weight is 880 g/mol. The van der Waals surface area contributed by atoms with E-state index in [4.69, 9.17) is 29.2 Å². The summed E-state index contributed by atoms with van der Waals surface area (Å²) in [5, 5.41) is 15.5. The molecule has 0 bridgehead atoms. The van der Waals surface area contributed by atoms with Crippen LogP contribution in [0, 0.1) is 0 Å². The number of hydrogen-bond acceptors (Lipinski definition) is 12. The summed E-state index contributed by atoms with van der Waals surface area (Å²) < 4.78 is 60.9. The zero-order chi connectivity index (χ0) is 44.3. The predicted molar refractivity (Wildman–Crippen MR) is 237 cm³/mol. The lowest BCUT2D eigenvalue weighted by Crippen LogP contribution is -2.36. The first kappa shape index (κ1) is 41.0. The van der Waals surface area contributed by atoms with Crippen molar-refractivity contribution in [3.63, 3.8) is 0 Å². The van der Waals surface area contributed by atoms with Crippen molar-refractivity contribution in [2.75, 3.05) is 60.1 Å². The number of carbonyl (C=O) groups is 1. The topological polar surface area (TPSA) is 149 Å². The Morgan fingerprint density at radius 1 is 0.800 bits per heavy atom. The molecule has 1 amide bonds. The molecular weight excluding hydrogens is 840 g/mol. The van der Waals surface area contributed by atoms with Crippen LogP contribution in [0.4, 0.5) is 42.0 Å². The van der Waals surface area contributed by atoms with Crippen molar-refractivity contribution < 1.29 is 32.2 Å². The maximum absolute atomic E-state index is 14.1. The number of fused-ring (bicyclic) bond motifs is 2. The molecule has 0 radical (unpaired) electrons. The number of amides is 1. The van der Waals surface area contributed by atoms with E-state index in [2.05, 4.69) is 37.9 Å². The fraction of sp³-hybridized carbons (Fsp3) is 0.191. The Balaban J connectivity index is 0.922. The Morgan fingerprint density at radius 3 is 2.26 bits per heavy atom. The van der Waals surface area contributed by atoms with Crippen molar-refractivity contribution in [1.29, 1.82) is 0 Å². The summed E-state index contributed by atoms with van der Waals surface area (Å²) in [6, 6.07) is 29.5. The van der Waals surface area contributed by atoms with Gasteiger partial charge in [0.15, 0.2) is 17.1 Å². The van der Waals surface area contributed by atoms with Crippen LogP contribution in [-0.4, -0.2) is 85.8 Å². The average Bonchev–Trinajstić information content (AvgIpc) is 4.12. The van der Waals surface area contributed by atoms with E-state index in [0.29, 0.717) is 83.9 Å².